The summed E-state index contributed by atoms with van der Waals surface area (Å²) in [6.45, 7) is -0.179. The number of carbonyl (C=O) groups is 1. The highest BCUT2D eigenvalue weighted by molar-refractivity contribution is 5.77. The number of carbonyl (C=O) groups excluding carboxylic acids is 1. The lowest BCUT2D eigenvalue weighted by Crippen LogP contribution is -2.31. The minimum Gasteiger partial charge on any atom is -0.457 e. The van der Waals surface area contributed by atoms with E-state index in [0.29, 0.717) is 0 Å². The quantitative estimate of drug-likeness (QED) is 0.409. The fourth-order valence-electron chi connectivity index (χ4n) is 0.988. The molecule has 3 atom stereocenters. The molecule has 0 spiro atoms. The molecular weight excluding hydrogens is 152 g/mol. The van der Waals surface area contributed by atoms with E-state index in [2.05, 4.69) is 4.74 Å². The van der Waals surface area contributed by atoms with Crippen LogP contribution < -0.4 is 0 Å². The van der Waals surface area contributed by atoms with Crippen LogP contribution >= 0.6 is 0 Å². The maximum absolute atomic E-state index is 10.6. The van der Waals surface area contributed by atoms with E-state index in [4.69, 9.17) is 15.3 Å². The van der Waals surface area contributed by atoms with Crippen LogP contribution in [0.15, 0.2) is 0 Å². The molecule has 0 amide bonds. The van der Waals surface area contributed by atoms with Crippen molar-refractivity contribution < 1.29 is 24.9 Å². The van der Waals surface area contributed by atoms with Crippen molar-refractivity contribution in [2.75, 3.05) is 6.61 Å². The average Bonchev–Trinajstić information content (AvgIpc) is 2.19. The number of rotatable bonds is 2. The van der Waals surface area contributed by atoms with Crippen LogP contribution in [0.4, 0.5) is 0 Å². The third kappa shape index (κ3) is 1.50. The van der Waals surface area contributed by atoms with Gasteiger partial charge in [0.1, 0.15) is 12.2 Å². The summed E-state index contributed by atoms with van der Waals surface area (Å²) in [5.74, 6) is -0.823. The van der Waals surface area contributed by atoms with Crippen molar-refractivity contribution in [1.29, 1.82) is 0 Å². The number of ether oxygens (including phenoxy) is 1. The van der Waals surface area contributed by atoms with E-state index in [1.165, 1.54) is 0 Å². The lowest BCUT2D eigenvalue weighted by molar-refractivity contribution is -0.147. The Kier molecular flexibility index (Phi) is 2.43. The Bertz CT molecular complexity index is 157. The smallest absolute Gasteiger partial charge is 0.338 e. The van der Waals surface area contributed by atoms with Gasteiger partial charge in [-0.15, -0.1) is 0 Å². The molecular formula is C6H10O5. The third-order valence-corrected chi connectivity index (χ3v) is 1.63. The molecule has 1 aliphatic rings. The van der Waals surface area contributed by atoms with E-state index in [9.17, 15) is 4.79 Å². The Labute approximate surface area is 63.2 Å². The molecule has 3 N–H and O–H groups in total. The molecule has 64 valence electrons. The van der Waals surface area contributed by atoms with Crippen molar-refractivity contribution in [2.24, 2.45) is 0 Å². The highest BCUT2D eigenvalue weighted by Gasteiger charge is 2.41. The molecule has 1 saturated heterocycles. The van der Waals surface area contributed by atoms with Crippen molar-refractivity contribution >= 4 is 5.97 Å². The zero-order chi connectivity index (χ0) is 8.43. The van der Waals surface area contributed by atoms with Gasteiger partial charge in [-0.2, -0.15) is 0 Å². The number of cyclic esters (lactones) is 1. The Hall–Kier alpha value is -0.650. The maximum atomic E-state index is 10.6. The van der Waals surface area contributed by atoms with Crippen LogP contribution in [0, 0.1) is 0 Å². The molecule has 0 aliphatic carbocycles. The number of hydrogen-bond acceptors (Lipinski definition) is 5. The van der Waals surface area contributed by atoms with Gasteiger partial charge < -0.3 is 20.1 Å². The molecule has 1 heterocycles. The fraction of sp³-hybridized carbons (Fsp3) is 0.833. The first-order valence-electron chi connectivity index (χ1n) is 3.34. The molecule has 0 aromatic rings. The first-order chi connectivity index (χ1) is 5.16. The van der Waals surface area contributed by atoms with Gasteiger partial charge in [0.15, 0.2) is 6.10 Å². The summed E-state index contributed by atoms with van der Waals surface area (Å²) in [7, 11) is 0. The summed E-state index contributed by atoms with van der Waals surface area (Å²) in [4.78, 5) is 10.6. The fourth-order valence-corrected chi connectivity index (χ4v) is 0.988. The number of esters is 1. The van der Waals surface area contributed by atoms with Crippen LogP contribution in [-0.4, -0.2) is 46.2 Å². The highest BCUT2D eigenvalue weighted by atomic mass is 16.6. The van der Waals surface area contributed by atoms with Crippen LogP contribution in [0.2, 0.25) is 0 Å². The second kappa shape index (κ2) is 3.17. The van der Waals surface area contributed by atoms with E-state index in [1.54, 1.807) is 0 Å². The van der Waals surface area contributed by atoms with E-state index in [-0.39, 0.29) is 13.0 Å². The minimum atomic E-state index is -1.45. The third-order valence-electron chi connectivity index (χ3n) is 1.63. The van der Waals surface area contributed by atoms with E-state index >= 15 is 0 Å². The molecule has 5 nitrogen and oxygen atoms in total. The van der Waals surface area contributed by atoms with Gasteiger partial charge in [0.25, 0.3) is 0 Å². The van der Waals surface area contributed by atoms with Gasteiger partial charge in [-0.1, -0.05) is 0 Å². The highest BCUT2D eigenvalue weighted by Crippen LogP contribution is 2.17. The molecule has 0 aromatic carbocycles. The molecule has 11 heavy (non-hydrogen) atoms. The van der Waals surface area contributed by atoms with Gasteiger partial charge >= 0.3 is 5.97 Å². The van der Waals surface area contributed by atoms with Crippen molar-refractivity contribution in [1.82, 2.24) is 0 Å². The SMILES string of the molecule is O=C1O[C@@H](CCO)[C@@H](O)[C@H]1O. The molecule has 0 radical (unpaired) electrons. The number of aliphatic hydroxyl groups excluding tert-OH is 3. The Morgan fingerprint density at radius 3 is 2.45 bits per heavy atom. The van der Waals surface area contributed by atoms with E-state index in [0.717, 1.165) is 0 Å². The van der Waals surface area contributed by atoms with E-state index in [1.807, 2.05) is 0 Å². The van der Waals surface area contributed by atoms with Crippen molar-refractivity contribution in [3.05, 3.63) is 0 Å². The minimum absolute atomic E-state index is 0.157. The molecule has 5 heteroatoms. The largest absolute Gasteiger partial charge is 0.457 e. The molecule has 0 aromatic heterocycles. The second-order valence-corrected chi connectivity index (χ2v) is 2.42. The lowest BCUT2D eigenvalue weighted by Gasteiger charge is -2.10. The van der Waals surface area contributed by atoms with Crippen LogP contribution in [0.25, 0.3) is 0 Å². The number of aliphatic hydroxyl groups is 3. The Morgan fingerprint density at radius 1 is 1.45 bits per heavy atom. The van der Waals surface area contributed by atoms with Gasteiger partial charge in [0.05, 0.1) is 0 Å². The molecule has 0 bridgehead atoms. The molecule has 1 fully saturated rings. The van der Waals surface area contributed by atoms with Crippen LogP contribution in [0.3, 0.4) is 0 Å². The molecule has 0 unspecified atom stereocenters. The standard InChI is InChI=1S/C6H10O5/c7-2-1-3-4(8)5(9)6(10)11-3/h3-5,7-9H,1-2H2/t3-,4+,5+/m0/s1. The lowest BCUT2D eigenvalue weighted by atomic mass is 10.1. The van der Waals surface area contributed by atoms with Crippen LogP contribution in [0.1, 0.15) is 6.42 Å². The van der Waals surface area contributed by atoms with Gasteiger partial charge in [0.2, 0.25) is 0 Å². The zero-order valence-electron chi connectivity index (χ0n) is 5.80. The molecule has 1 aliphatic heterocycles. The average molecular weight is 162 g/mol. The maximum Gasteiger partial charge on any atom is 0.338 e. The summed E-state index contributed by atoms with van der Waals surface area (Å²) < 4.78 is 4.53. The Balaban J connectivity index is 2.52. The summed E-state index contributed by atoms with van der Waals surface area (Å²) in [6.07, 6.45) is -3.26. The summed E-state index contributed by atoms with van der Waals surface area (Å²) in [5.41, 5.74) is 0. The predicted molar refractivity (Wildman–Crippen MR) is 33.6 cm³/mol. The van der Waals surface area contributed by atoms with Gasteiger partial charge in [-0.3, -0.25) is 0 Å². The normalized spacial score (nSPS) is 37.4. The van der Waals surface area contributed by atoms with Gasteiger partial charge in [-0.25, -0.2) is 4.79 Å². The van der Waals surface area contributed by atoms with Gasteiger partial charge in [0, 0.05) is 13.0 Å². The zero-order valence-corrected chi connectivity index (χ0v) is 5.80. The first-order valence-corrected chi connectivity index (χ1v) is 3.34. The van der Waals surface area contributed by atoms with Gasteiger partial charge in [-0.05, 0) is 0 Å². The number of hydrogen-bond donors (Lipinski definition) is 3. The van der Waals surface area contributed by atoms with E-state index < -0.39 is 24.3 Å². The first kappa shape index (κ1) is 8.45. The topological polar surface area (TPSA) is 87.0 Å². The molecule has 0 saturated carbocycles. The summed E-state index contributed by atoms with van der Waals surface area (Å²) >= 11 is 0. The summed E-state index contributed by atoms with van der Waals surface area (Å²) in [6, 6.07) is 0. The Morgan fingerprint density at radius 2 is 2.09 bits per heavy atom. The van der Waals surface area contributed by atoms with Crippen molar-refractivity contribution in [3.8, 4) is 0 Å². The summed E-state index contributed by atoms with van der Waals surface area (Å²) in [5, 5.41) is 26.3. The predicted octanol–water partition coefficient (Wildman–Crippen LogP) is -1.98. The second-order valence-electron chi connectivity index (χ2n) is 2.42. The van der Waals surface area contributed by atoms with Crippen LogP contribution in [-0.2, 0) is 9.53 Å². The molecule has 1 rings (SSSR count). The van der Waals surface area contributed by atoms with Crippen LogP contribution in [0.5, 0.6) is 0 Å². The monoisotopic (exact) mass is 162 g/mol. The van der Waals surface area contributed by atoms with Crippen molar-refractivity contribution in [2.45, 2.75) is 24.7 Å². The van der Waals surface area contributed by atoms with Crippen molar-refractivity contribution in [3.63, 3.8) is 0 Å².